The van der Waals surface area contributed by atoms with Crippen LogP contribution in [-0.4, -0.2) is 12.5 Å². The summed E-state index contributed by atoms with van der Waals surface area (Å²) in [6, 6.07) is 9.19. The summed E-state index contributed by atoms with van der Waals surface area (Å²) in [6.07, 6.45) is -10.3. The first-order valence-electron chi connectivity index (χ1n) is 13.8. The zero-order chi connectivity index (χ0) is 35.4. The first-order chi connectivity index (χ1) is 22.5. The van der Waals surface area contributed by atoms with Crippen molar-refractivity contribution in [2.45, 2.75) is 38.2 Å². The van der Waals surface area contributed by atoms with Gasteiger partial charge in [-0.2, -0.15) is 8.78 Å². The minimum Gasteiger partial charge on any atom is -0.433 e. The van der Waals surface area contributed by atoms with Crippen LogP contribution in [0.1, 0.15) is 30.4 Å². The molecule has 0 aliphatic rings. The fourth-order valence-corrected chi connectivity index (χ4v) is 4.53. The summed E-state index contributed by atoms with van der Waals surface area (Å²) in [5, 5.41) is 0. The molecule has 14 heteroatoms. The van der Waals surface area contributed by atoms with Crippen molar-refractivity contribution in [3.63, 3.8) is 0 Å². The molecule has 0 amide bonds. The van der Waals surface area contributed by atoms with Crippen molar-refractivity contribution in [2.24, 2.45) is 0 Å². The van der Waals surface area contributed by atoms with Crippen molar-refractivity contribution in [3.05, 3.63) is 125 Å². The third-order valence-corrected chi connectivity index (χ3v) is 6.82. The Balaban J connectivity index is 1.44. The summed E-state index contributed by atoms with van der Waals surface area (Å²) in [6.45, 7) is 3.39. The van der Waals surface area contributed by atoms with Crippen LogP contribution in [0, 0.1) is 29.1 Å². The Bertz CT molecular complexity index is 1780. The fourth-order valence-electron chi connectivity index (χ4n) is 4.53. The summed E-state index contributed by atoms with van der Waals surface area (Å²) in [4.78, 5) is 0. The average molecular weight is 691 g/mol. The number of halogens is 12. The zero-order valence-electron chi connectivity index (χ0n) is 24.3. The normalized spacial score (nSPS) is 12.5. The molecule has 0 saturated heterocycles. The van der Waals surface area contributed by atoms with Gasteiger partial charge in [0.2, 0.25) is 5.75 Å². The Morgan fingerprint density at radius 2 is 1.25 bits per heavy atom. The molecule has 0 aliphatic carbocycles. The summed E-state index contributed by atoms with van der Waals surface area (Å²) < 4.78 is 175. The first kappa shape index (κ1) is 36.0. The van der Waals surface area contributed by atoms with Crippen molar-refractivity contribution in [3.8, 4) is 33.8 Å². The van der Waals surface area contributed by atoms with E-state index in [-0.39, 0.29) is 35.1 Å². The molecule has 2 nitrogen and oxygen atoms in total. The molecule has 0 heterocycles. The van der Waals surface area contributed by atoms with E-state index in [0.29, 0.717) is 30.3 Å². The summed E-state index contributed by atoms with van der Waals surface area (Å²) in [5.74, 6) is -11.6. The minimum atomic E-state index is -5.35. The standard InChI is InChI=1S/C34H22F12O2/c1-2-3-4-25(35)31(41)19-7-10-23(26(36)13-19)21-16-27(37)24(28(38)17-21)11-12-33(42,43)47-22-8-5-18(6-9-22)20-14-29(39)32(30(40)15-20)48-34(44,45)46/h2,5-10,13-17H,1,3-4,11-12H2. The number of hydrogen-bond acceptors (Lipinski definition) is 2. The Kier molecular flexibility index (Phi) is 10.9. The van der Waals surface area contributed by atoms with E-state index in [2.05, 4.69) is 16.1 Å². The molecular formula is C34H22F12O2. The van der Waals surface area contributed by atoms with Crippen molar-refractivity contribution in [1.29, 1.82) is 0 Å². The highest BCUT2D eigenvalue weighted by atomic mass is 19.4. The van der Waals surface area contributed by atoms with Gasteiger partial charge in [0.25, 0.3) is 0 Å². The van der Waals surface area contributed by atoms with Gasteiger partial charge in [0.15, 0.2) is 17.5 Å². The maximum absolute atomic E-state index is 14.8. The number of rotatable bonds is 12. The molecule has 0 bridgehead atoms. The molecule has 0 N–H and O–H groups in total. The second-order valence-electron chi connectivity index (χ2n) is 10.2. The maximum Gasteiger partial charge on any atom is 0.573 e. The van der Waals surface area contributed by atoms with E-state index >= 15 is 0 Å². The second-order valence-corrected chi connectivity index (χ2v) is 10.2. The quantitative estimate of drug-likeness (QED) is 0.109. The maximum atomic E-state index is 14.8. The largest absolute Gasteiger partial charge is 0.573 e. The minimum absolute atomic E-state index is 0.00890. The summed E-state index contributed by atoms with van der Waals surface area (Å²) in [5.41, 5.74) is -2.15. The SMILES string of the molecule is C=CCCC(F)=C(F)c1ccc(-c2cc(F)c(CCC(F)(F)Oc3ccc(-c4cc(F)c(OC(F)(F)F)c(F)c4)cc3)c(F)c2)c(F)c1. The molecular weight excluding hydrogens is 668 g/mol. The summed E-state index contributed by atoms with van der Waals surface area (Å²) in [7, 11) is 0. The fraction of sp³-hybridized carbons (Fsp3) is 0.176. The summed E-state index contributed by atoms with van der Waals surface area (Å²) >= 11 is 0. The van der Waals surface area contributed by atoms with Gasteiger partial charge < -0.3 is 9.47 Å². The molecule has 0 saturated carbocycles. The van der Waals surface area contributed by atoms with Gasteiger partial charge in [0.1, 0.15) is 29.0 Å². The van der Waals surface area contributed by atoms with Crippen molar-refractivity contribution < 1.29 is 62.2 Å². The van der Waals surface area contributed by atoms with Crippen LogP contribution in [0.2, 0.25) is 0 Å². The van der Waals surface area contributed by atoms with E-state index in [1.54, 1.807) is 0 Å². The highest BCUT2D eigenvalue weighted by molar-refractivity contribution is 5.70. The lowest BCUT2D eigenvalue weighted by Crippen LogP contribution is -2.25. The van der Waals surface area contributed by atoms with Crippen LogP contribution in [0.25, 0.3) is 28.1 Å². The number of allylic oxidation sites excluding steroid dienone is 2. The van der Waals surface area contributed by atoms with Crippen LogP contribution >= 0.6 is 0 Å². The lowest BCUT2D eigenvalue weighted by molar-refractivity contribution is -0.276. The molecule has 0 radical (unpaired) electrons. The van der Waals surface area contributed by atoms with E-state index in [9.17, 15) is 52.7 Å². The molecule has 4 aromatic carbocycles. The topological polar surface area (TPSA) is 18.5 Å². The zero-order valence-corrected chi connectivity index (χ0v) is 24.3. The van der Waals surface area contributed by atoms with E-state index in [1.807, 2.05) is 0 Å². The molecule has 254 valence electrons. The van der Waals surface area contributed by atoms with Crippen molar-refractivity contribution in [2.75, 3.05) is 0 Å². The molecule has 48 heavy (non-hydrogen) atoms. The smallest absolute Gasteiger partial charge is 0.433 e. The molecule has 0 aromatic heterocycles. The Morgan fingerprint density at radius 3 is 1.79 bits per heavy atom. The molecule has 4 aromatic rings. The van der Waals surface area contributed by atoms with Gasteiger partial charge in [-0.15, -0.1) is 19.8 Å². The average Bonchev–Trinajstić information content (AvgIpc) is 3.00. The van der Waals surface area contributed by atoms with E-state index in [1.165, 1.54) is 6.08 Å². The Labute approximate surface area is 265 Å². The highest BCUT2D eigenvalue weighted by Crippen LogP contribution is 2.35. The second kappa shape index (κ2) is 14.5. The van der Waals surface area contributed by atoms with Crippen LogP contribution in [0.5, 0.6) is 11.5 Å². The number of benzene rings is 4. The molecule has 0 aliphatic heterocycles. The van der Waals surface area contributed by atoms with Gasteiger partial charge in [-0.3, -0.25) is 0 Å². The van der Waals surface area contributed by atoms with Gasteiger partial charge in [0.05, 0.1) is 6.42 Å². The Morgan fingerprint density at radius 1 is 0.667 bits per heavy atom. The predicted molar refractivity (Wildman–Crippen MR) is 153 cm³/mol. The van der Waals surface area contributed by atoms with E-state index in [4.69, 9.17) is 0 Å². The number of ether oxygens (including phenoxy) is 2. The molecule has 0 unspecified atom stereocenters. The van der Waals surface area contributed by atoms with Gasteiger partial charge in [0, 0.05) is 23.1 Å². The van der Waals surface area contributed by atoms with Crippen molar-refractivity contribution >= 4 is 5.83 Å². The van der Waals surface area contributed by atoms with Crippen LogP contribution < -0.4 is 9.47 Å². The predicted octanol–water partition coefficient (Wildman–Crippen LogP) is 11.8. The molecule has 0 spiro atoms. The van der Waals surface area contributed by atoms with E-state index < -0.39 is 88.7 Å². The van der Waals surface area contributed by atoms with Crippen molar-refractivity contribution in [1.82, 2.24) is 0 Å². The highest BCUT2D eigenvalue weighted by Gasteiger charge is 2.35. The number of alkyl halides is 5. The van der Waals surface area contributed by atoms with Crippen LogP contribution in [-0.2, 0) is 6.42 Å². The first-order valence-corrected chi connectivity index (χ1v) is 13.8. The third kappa shape index (κ3) is 8.92. The Hall–Kier alpha value is -4.88. The van der Waals surface area contributed by atoms with Gasteiger partial charge >= 0.3 is 12.5 Å². The molecule has 0 atom stereocenters. The van der Waals surface area contributed by atoms with Gasteiger partial charge in [-0.05, 0) is 72.0 Å². The number of hydrogen-bond donors (Lipinski definition) is 0. The lowest BCUT2D eigenvalue weighted by Gasteiger charge is -2.19. The van der Waals surface area contributed by atoms with E-state index in [0.717, 1.165) is 36.4 Å². The van der Waals surface area contributed by atoms with Crippen LogP contribution in [0.3, 0.4) is 0 Å². The van der Waals surface area contributed by atoms with Gasteiger partial charge in [-0.1, -0.05) is 30.3 Å². The van der Waals surface area contributed by atoms with Crippen LogP contribution in [0.15, 0.2) is 85.2 Å². The lowest BCUT2D eigenvalue weighted by atomic mass is 9.98. The van der Waals surface area contributed by atoms with Crippen LogP contribution in [0.4, 0.5) is 52.7 Å². The third-order valence-electron chi connectivity index (χ3n) is 6.82. The molecule has 0 fully saturated rings. The molecule has 4 rings (SSSR count). The van der Waals surface area contributed by atoms with Gasteiger partial charge in [-0.25, -0.2) is 30.7 Å². The monoisotopic (exact) mass is 690 g/mol.